The number of anilines is 1. The summed E-state index contributed by atoms with van der Waals surface area (Å²) in [5.41, 5.74) is 1.52. The molecule has 3 rings (SSSR count). The molecular weight excluding hydrogens is 348 g/mol. The lowest BCUT2D eigenvalue weighted by Crippen LogP contribution is -2.41. The van der Waals surface area contributed by atoms with Gasteiger partial charge >= 0.3 is 0 Å². The van der Waals surface area contributed by atoms with Crippen molar-refractivity contribution >= 4 is 23.1 Å². The number of nitriles is 1. The van der Waals surface area contributed by atoms with Gasteiger partial charge in [0.2, 0.25) is 17.5 Å². The maximum Gasteiger partial charge on any atom is 0.234 e. The van der Waals surface area contributed by atoms with Crippen LogP contribution in [0.3, 0.4) is 0 Å². The van der Waals surface area contributed by atoms with E-state index in [1.807, 2.05) is 11.8 Å². The van der Waals surface area contributed by atoms with Crippen molar-refractivity contribution in [3.8, 4) is 6.07 Å². The van der Waals surface area contributed by atoms with E-state index in [0.717, 1.165) is 12.8 Å². The molecule has 1 unspecified atom stereocenters. The number of carbonyl (C=O) groups excluding carboxylic acids is 1. The van der Waals surface area contributed by atoms with E-state index in [0.29, 0.717) is 30.6 Å². The number of hydrogen-bond donors (Lipinski definition) is 1. The quantitative estimate of drug-likeness (QED) is 0.886. The minimum absolute atomic E-state index is 0.0108. The number of aromatic nitrogens is 1. The van der Waals surface area contributed by atoms with Gasteiger partial charge in [0, 0.05) is 35.7 Å². The van der Waals surface area contributed by atoms with Crippen molar-refractivity contribution in [3.63, 3.8) is 0 Å². The fourth-order valence-electron chi connectivity index (χ4n) is 3.54. The summed E-state index contributed by atoms with van der Waals surface area (Å²) >= 11 is 1.76. The number of oxazole rings is 1. The van der Waals surface area contributed by atoms with Crippen LogP contribution in [-0.4, -0.2) is 24.0 Å². The van der Waals surface area contributed by atoms with E-state index in [4.69, 9.17) is 4.42 Å². The van der Waals surface area contributed by atoms with E-state index in [1.54, 1.807) is 18.3 Å². The second kappa shape index (κ2) is 7.50. The van der Waals surface area contributed by atoms with Gasteiger partial charge in [0.1, 0.15) is 6.07 Å². The molecule has 7 heteroatoms. The summed E-state index contributed by atoms with van der Waals surface area (Å²) in [6.45, 7) is 9.34. The van der Waals surface area contributed by atoms with Crippen LogP contribution in [0, 0.1) is 38.0 Å². The Kier molecular flexibility index (Phi) is 5.33. The predicted molar refractivity (Wildman–Crippen MR) is 101 cm³/mol. The number of carbonyl (C=O) groups is 1. The number of rotatable bonds is 4. The molecule has 26 heavy (non-hydrogen) atoms. The van der Waals surface area contributed by atoms with Gasteiger partial charge in [0.15, 0.2) is 5.89 Å². The normalized spacial score (nSPS) is 16.3. The van der Waals surface area contributed by atoms with Crippen LogP contribution in [0.4, 0.5) is 5.88 Å². The third-order valence-electron chi connectivity index (χ3n) is 4.88. The number of hydrogen-bond acceptors (Lipinski definition) is 6. The molecule has 1 atom stereocenters. The van der Waals surface area contributed by atoms with E-state index in [-0.39, 0.29) is 17.9 Å². The Balaban J connectivity index is 1.58. The lowest BCUT2D eigenvalue weighted by molar-refractivity contribution is -0.126. The van der Waals surface area contributed by atoms with Crippen molar-refractivity contribution in [2.45, 2.75) is 46.6 Å². The van der Waals surface area contributed by atoms with Gasteiger partial charge in [-0.3, -0.25) is 4.79 Å². The van der Waals surface area contributed by atoms with Crippen LogP contribution in [0.5, 0.6) is 0 Å². The highest BCUT2D eigenvalue weighted by atomic mass is 32.1. The highest BCUT2D eigenvalue weighted by Crippen LogP contribution is 2.29. The van der Waals surface area contributed by atoms with E-state index < -0.39 is 0 Å². The minimum atomic E-state index is -0.0108. The molecule has 3 heterocycles. The second-order valence-electron chi connectivity index (χ2n) is 6.86. The van der Waals surface area contributed by atoms with E-state index in [2.05, 4.69) is 36.3 Å². The standard InChI is InChI=1S/C19H24N4O2S/c1-11-9-16(13(3)26-11)12(2)21-18(24)15-5-7-23(8-6-15)19-17(10-20)22-14(4)25-19/h9,12,15H,5-8H2,1-4H3,(H,21,24). The van der Waals surface area contributed by atoms with Crippen molar-refractivity contribution in [3.05, 3.63) is 33.0 Å². The number of piperidine rings is 1. The van der Waals surface area contributed by atoms with E-state index >= 15 is 0 Å². The molecule has 1 aliphatic heterocycles. The maximum atomic E-state index is 12.7. The van der Waals surface area contributed by atoms with Gasteiger partial charge in [-0.15, -0.1) is 11.3 Å². The largest absolute Gasteiger partial charge is 0.424 e. The third-order valence-corrected chi connectivity index (χ3v) is 5.86. The number of amides is 1. The monoisotopic (exact) mass is 372 g/mol. The molecular formula is C19H24N4O2S. The maximum absolute atomic E-state index is 12.7. The van der Waals surface area contributed by atoms with Gasteiger partial charge in [0.05, 0.1) is 6.04 Å². The summed E-state index contributed by atoms with van der Waals surface area (Å²) in [7, 11) is 0. The highest BCUT2D eigenvalue weighted by molar-refractivity contribution is 7.12. The molecule has 1 fully saturated rings. The second-order valence-corrected chi connectivity index (χ2v) is 8.32. The molecule has 1 aliphatic rings. The zero-order chi connectivity index (χ0) is 18.8. The Morgan fingerprint density at radius 3 is 2.69 bits per heavy atom. The fraction of sp³-hybridized carbons (Fsp3) is 0.526. The number of nitrogens with zero attached hydrogens (tertiary/aromatic N) is 3. The van der Waals surface area contributed by atoms with Crippen molar-refractivity contribution in [1.29, 1.82) is 5.26 Å². The first kappa shape index (κ1) is 18.5. The Labute approximate surface area is 157 Å². The van der Waals surface area contributed by atoms with Crippen molar-refractivity contribution in [2.75, 3.05) is 18.0 Å². The first-order valence-corrected chi connectivity index (χ1v) is 9.70. The summed E-state index contributed by atoms with van der Waals surface area (Å²) in [4.78, 5) is 21.3. The molecule has 2 aromatic heterocycles. The van der Waals surface area contributed by atoms with Gasteiger partial charge in [-0.25, -0.2) is 4.98 Å². The molecule has 0 aliphatic carbocycles. The molecule has 0 radical (unpaired) electrons. The van der Waals surface area contributed by atoms with Crippen LogP contribution >= 0.6 is 11.3 Å². The average molecular weight is 372 g/mol. The lowest BCUT2D eigenvalue weighted by atomic mass is 9.95. The molecule has 1 amide bonds. The fourth-order valence-corrected chi connectivity index (χ4v) is 4.56. The zero-order valence-corrected chi connectivity index (χ0v) is 16.4. The van der Waals surface area contributed by atoms with Crippen LogP contribution in [-0.2, 0) is 4.79 Å². The highest BCUT2D eigenvalue weighted by Gasteiger charge is 2.29. The first-order valence-electron chi connectivity index (χ1n) is 8.88. The van der Waals surface area contributed by atoms with Crippen LogP contribution in [0.25, 0.3) is 0 Å². The Morgan fingerprint density at radius 2 is 2.12 bits per heavy atom. The van der Waals surface area contributed by atoms with Gasteiger partial charge in [-0.2, -0.15) is 5.26 Å². The molecule has 6 nitrogen and oxygen atoms in total. The number of nitrogens with one attached hydrogen (secondary N) is 1. The first-order chi connectivity index (χ1) is 12.4. The van der Waals surface area contributed by atoms with E-state index in [1.165, 1.54) is 15.3 Å². The number of thiophene rings is 1. The Hall–Kier alpha value is -2.33. The molecule has 2 aromatic rings. The molecule has 138 valence electrons. The predicted octanol–water partition coefficient (Wildman–Crippen LogP) is 3.63. The van der Waals surface area contributed by atoms with Gasteiger partial charge in [-0.1, -0.05) is 0 Å². The van der Waals surface area contributed by atoms with Crippen molar-refractivity contribution in [1.82, 2.24) is 10.3 Å². The van der Waals surface area contributed by atoms with Crippen LogP contribution in [0.15, 0.2) is 10.5 Å². The molecule has 1 saturated heterocycles. The average Bonchev–Trinajstić information content (AvgIpc) is 3.16. The minimum Gasteiger partial charge on any atom is -0.424 e. The molecule has 0 aromatic carbocycles. The molecule has 0 saturated carbocycles. The van der Waals surface area contributed by atoms with Crippen molar-refractivity contribution < 1.29 is 9.21 Å². The molecule has 0 bridgehead atoms. The topological polar surface area (TPSA) is 82.2 Å². The van der Waals surface area contributed by atoms with Crippen LogP contribution in [0.2, 0.25) is 0 Å². The smallest absolute Gasteiger partial charge is 0.234 e. The molecule has 0 spiro atoms. The third kappa shape index (κ3) is 3.75. The van der Waals surface area contributed by atoms with Gasteiger partial charge < -0.3 is 14.6 Å². The summed E-state index contributed by atoms with van der Waals surface area (Å²) in [5, 5.41) is 12.3. The van der Waals surface area contributed by atoms with Gasteiger partial charge in [0.25, 0.3) is 0 Å². The summed E-state index contributed by atoms with van der Waals surface area (Å²) in [5.74, 6) is 1.12. The van der Waals surface area contributed by atoms with Gasteiger partial charge in [-0.05, 0) is 45.2 Å². The van der Waals surface area contributed by atoms with Crippen LogP contribution in [0.1, 0.15) is 52.7 Å². The SMILES string of the molecule is Cc1nc(C#N)c(N2CCC(C(=O)NC(C)c3cc(C)sc3C)CC2)o1. The Morgan fingerprint density at radius 1 is 1.42 bits per heavy atom. The van der Waals surface area contributed by atoms with Crippen molar-refractivity contribution in [2.24, 2.45) is 5.92 Å². The summed E-state index contributed by atoms with van der Waals surface area (Å²) < 4.78 is 5.57. The summed E-state index contributed by atoms with van der Waals surface area (Å²) in [6, 6.07) is 4.25. The number of aryl methyl sites for hydroxylation is 3. The molecule has 1 N–H and O–H groups in total. The van der Waals surface area contributed by atoms with Crippen LogP contribution < -0.4 is 10.2 Å². The summed E-state index contributed by atoms with van der Waals surface area (Å²) in [6.07, 6.45) is 1.48. The zero-order valence-electron chi connectivity index (χ0n) is 15.6. The lowest BCUT2D eigenvalue weighted by Gasteiger charge is -2.31. The van der Waals surface area contributed by atoms with E-state index in [9.17, 15) is 10.1 Å². The Bertz CT molecular complexity index is 840.